The van der Waals surface area contributed by atoms with E-state index in [-0.39, 0.29) is 23.9 Å². The Balaban J connectivity index is 1.51. The fourth-order valence-electron chi connectivity index (χ4n) is 3.10. The number of sulfonamides is 1. The highest BCUT2D eigenvalue weighted by atomic mass is 32.2. The second-order valence-corrected chi connectivity index (χ2v) is 8.23. The van der Waals surface area contributed by atoms with Crippen LogP contribution in [0.3, 0.4) is 0 Å². The third kappa shape index (κ3) is 3.12. The number of benzene rings is 2. The average molecular weight is 401 g/mol. The number of para-hydroxylation sites is 2. The third-order valence-corrected chi connectivity index (χ3v) is 6.54. The van der Waals surface area contributed by atoms with Gasteiger partial charge in [-0.15, -0.1) is 0 Å². The molecule has 3 aromatic rings. The van der Waals surface area contributed by atoms with E-state index in [1.165, 1.54) is 17.5 Å². The number of ether oxygens (including phenoxy) is 2. The second kappa shape index (κ2) is 7.25. The molecule has 0 amide bonds. The molecule has 1 fully saturated rings. The van der Waals surface area contributed by atoms with Gasteiger partial charge in [-0.3, -0.25) is 0 Å². The van der Waals surface area contributed by atoms with Crippen LogP contribution < -0.4 is 9.47 Å². The van der Waals surface area contributed by atoms with Crippen molar-refractivity contribution in [3.05, 3.63) is 54.4 Å². The molecule has 2 aromatic carbocycles. The van der Waals surface area contributed by atoms with E-state index in [9.17, 15) is 8.42 Å². The molecular formula is C19H19N3O5S. The first-order valence-corrected chi connectivity index (χ1v) is 10.1. The van der Waals surface area contributed by atoms with Crippen LogP contribution in [0.2, 0.25) is 0 Å². The van der Waals surface area contributed by atoms with Crippen LogP contribution in [0.15, 0.2) is 57.9 Å². The van der Waals surface area contributed by atoms with Crippen LogP contribution in [0, 0.1) is 0 Å². The lowest BCUT2D eigenvalue weighted by Gasteiger charge is -2.36. The summed E-state index contributed by atoms with van der Waals surface area (Å²) < 4.78 is 42.9. The molecule has 1 aliphatic heterocycles. The van der Waals surface area contributed by atoms with Gasteiger partial charge in [-0.25, -0.2) is 8.42 Å². The lowest BCUT2D eigenvalue weighted by molar-refractivity contribution is 0.216. The Kier molecular flexibility index (Phi) is 4.78. The van der Waals surface area contributed by atoms with E-state index in [4.69, 9.17) is 14.0 Å². The molecular weight excluding hydrogens is 382 g/mol. The van der Waals surface area contributed by atoms with Gasteiger partial charge in [0.2, 0.25) is 21.7 Å². The minimum absolute atomic E-state index is 0.149. The standard InChI is InChI=1S/C19H19N3O5S/c1-25-15-8-4-3-7-14(15)18-20-19(27-21-18)13-11-22(12-13)28(23,24)17-10-6-5-9-16(17)26-2/h3-10,13H,11-12H2,1-2H3. The van der Waals surface area contributed by atoms with Crippen LogP contribution >= 0.6 is 0 Å². The summed E-state index contributed by atoms with van der Waals surface area (Å²) in [5.74, 6) is 1.64. The van der Waals surface area contributed by atoms with Gasteiger partial charge in [0.1, 0.15) is 16.4 Å². The fraction of sp³-hybridized carbons (Fsp3) is 0.263. The number of aromatic nitrogens is 2. The van der Waals surface area contributed by atoms with Gasteiger partial charge in [-0.1, -0.05) is 29.4 Å². The molecule has 1 aliphatic rings. The zero-order chi connectivity index (χ0) is 19.7. The van der Waals surface area contributed by atoms with Gasteiger partial charge in [-0.2, -0.15) is 9.29 Å². The van der Waals surface area contributed by atoms with Crippen LogP contribution in [0.25, 0.3) is 11.4 Å². The molecule has 9 heteroatoms. The molecule has 28 heavy (non-hydrogen) atoms. The number of methoxy groups -OCH3 is 2. The van der Waals surface area contributed by atoms with Gasteiger partial charge in [0.15, 0.2) is 0 Å². The SMILES string of the molecule is COc1ccccc1-c1noc(C2CN(S(=O)(=O)c3ccccc3OC)C2)n1. The lowest BCUT2D eigenvalue weighted by atomic mass is 10.0. The lowest BCUT2D eigenvalue weighted by Crippen LogP contribution is -2.48. The Hall–Kier alpha value is -2.91. The molecule has 1 saturated heterocycles. The van der Waals surface area contributed by atoms with Gasteiger partial charge >= 0.3 is 0 Å². The van der Waals surface area contributed by atoms with Crippen LogP contribution in [0.5, 0.6) is 11.5 Å². The maximum Gasteiger partial charge on any atom is 0.246 e. The van der Waals surface area contributed by atoms with Crippen molar-refractivity contribution in [3.8, 4) is 22.9 Å². The quantitative estimate of drug-likeness (QED) is 0.626. The molecule has 0 N–H and O–H groups in total. The van der Waals surface area contributed by atoms with Crippen molar-refractivity contribution < 1.29 is 22.4 Å². The summed E-state index contributed by atoms with van der Waals surface area (Å²) >= 11 is 0. The Morgan fingerprint density at radius 3 is 2.36 bits per heavy atom. The highest BCUT2D eigenvalue weighted by molar-refractivity contribution is 7.89. The third-order valence-electron chi connectivity index (χ3n) is 4.67. The van der Waals surface area contributed by atoms with E-state index in [1.54, 1.807) is 25.3 Å². The molecule has 0 saturated carbocycles. The normalized spacial score (nSPS) is 15.2. The van der Waals surface area contributed by atoms with E-state index in [0.717, 1.165) is 5.56 Å². The van der Waals surface area contributed by atoms with Crippen molar-refractivity contribution in [1.29, 1.82) is 0 Å². The zero-order valence-electron chi connectivity index (χ0n) is 15.4. The topological polar surface area (TPSA) is 94.8 Å². The molecule has 2 heterocycles. The minimum Gasteiger partial charge on any atom is -0.496 e. The molecule has 0 radical (unpaired) electrons. The van der Waals surface area contributed by atoms with Crippen molar-refractivity contribution in [3.63, 3.8) is 0 Å². The number of hydrogen-bond acceptors (Lipinski definition) is 7. The van der Waals surface area contributed by atoms with E-state index < -0.39 is 10.0 Å². The second-order valence-electron chi connectivity index (χ2n) is 6.33. The van der Waals surface area contributed by atoms with Gasteiger partial charge in [0.25, 0.3) is 0 Å². The molecule has 0 spiro atoms. The summed E-state index contributed by atoms with van der Waals surface area (Å²) in [5.41, 5.74) is 0.720. The van der Waals surface area contributed by atoms with Crippen LogP contribution in [0.4, 0.5) is 0 Å². The summed E-state index contributed by atoms with van der Waals surface area (Å²) in [7, 11) is -0.618. The Bertz CT molecular complexity index is 1090. The molecule has 0 bridgehead atoms. The number of hydrogen-bond donors (Lipinski definition) is 0. The predicted molar refractivity (Wildman–Crippen MR) is 101 cm³/mol. The van der Waals surface area contributed by atoms with Crippen molar-refractivity contribution in [2.75, 3.05) is 27.3 Å². The minimum atomic E-state index is -3.64. The van der Waals surface area contributed by atoms with E-state index in [2.05, 4.69) is 10.1 Å². The summed E-state index contributed by atoms with van der Waals surface area (Å²) in [6.45, 7) is 0.544. The van der Waals surface area contributed by atoms with Crippen LogP contribution in [-0.4, -0.2) is 50.2 Å². The Labute approximate surface area is 162 Å². The van der Waals surface area contributed by atoms with Crippen LogP contribution in [0.1, 0.15) is 11.8 Å². The van der Waals surface area contributed by atoms with Gasteiger partial charge in [0, 0.05) is 13.1 Å². The van der Waals surface area contributed by atoms with Crippen molar-refractivity contribution in [1.82, 2.24) is 14.4 Å². The van der Waals surface area contributed by atoms with Crippen molar-refractivity contribution in [2.45, 2.75) is 10.8 Å². The molecule has 0 unspecified atom stereocenters. The van der Waals surface area contributed by atoms with Crippen molar-refractivity contribution >= 4 is 10.0 Å². The summed E-state index contributed by atoms with van der Waals surface area (Å²) in [4.78, 5) is 4.58. The predicted octanol–water partition coefficient (Wildman–Crippen LogP) is 2.54. The highest BCUT2D eigenvalue weighted by Crippen LogP contribution is 2.35. The summed E-state index contributed by atoms with van der Waals surface area (Å²) in [6, 6.07) is 13.9. The number of nitrogens with zero attached hydrogens (tertiary/aromatic N) is 3. The maximum atomic E-state index is 12.8. The maximum absolute atomic E-state index is 12.8. The van der Waals surface area contributed by atoms with Gasteiger partial charge < -0.3 is 14.0 Å². The molecule has 0 atom stereocenters. The molecule has 4 rings (SSSR count). The molecule has 1 aromatic heterocycles. The van der Waals surface area contributed by atoms with Gasteiger partial charge in [0.05, 0.1) is 25.7 Å². The first-order valence-electron chi connectivity index (χ1n) is 8.64. The van der Waals surface area contributed by atoms with E-state index >= 15 is 0 Å². The van der Waals surface area contributed by atoms with Crippen molar-refractivity contribution in [2.24, 2.45) is 0 Å². The molecule has 146 valence electrons. The highest BCUT2D eigenvalue weighted by Gasteiger charge is 2.41. The van der Waals surface area contributed by atoms with Gasteiger partial charge in [-0.05, 0) is 24.3 Å². The summed E-state index contributed by atoms with van der Waals surface area (Å²) in [6.07, 6.45) is 0. The fourth-order valence-corrected chi connectivity index (χ4v) is 4.79. The molecule has 0 aliphatic carbocycles. The van der Waals surface area contributed by atoms with Crippen LogP contribution in [-0.2, 0) is 10.0 Å². The first-order chi connectivity index (χ1) is 13.5. The van der Waals surface area contributed by atoms with E-state index in [0.29, 0.717) is 23.2 Å². The monoisotopic (exact) mass is 401 g/mol. The first kappa shape index (κ1) is 18.5. The zero-order valence-corrected chi connectivity index (χ0v) is 16.2. The average Bonchev–Trinajstić information content (AvgIpc) is 3.16. The Morgan fingerprint density at radius 2 is 1.64 bits per heavy atom. The molecule has 8 nitrogen and oxygen atoms in total. The smallest absolute Gasteiger partial charge is 0.246 e. The Morgan fingerprint density at radius 1 is 1.00 bits per heavy atom. The summed E-state index contributed by atoms with van der Waals surface area (Å²) in [5, 5.41) is 4.02. The van der Waals surface area contributed by atoms with E-state index in [1.807, 2.05) is 24.3 Å². The largest absolute Gasteiger partial charge is 0.496 e. The number of rotatable bonds is 6.